The molecule has 2 aromatic carbocycles. The minimum Gasteiger partial charge on any atom is -0.456 e. The SMILES string of the molecule is Cc1ccc(-c2cnc(CCC(=O)OCC(=O)Nc3ccc(Br)cc3Cl)o2)cc1. The third-order valence-corrected chi connectivity index (χ3v) is 4.81. The maximum atomic E-state index is 11.9. The molecule has 0 atom stereocenters. The lowest BCUT2D eigenvalue weighted by molar-refractivity contribution is -0.147. The molecular formula is C21H18BrClN2O4. The lowest BCUT2D eigenvalue weighted by Gasteiger charge is -2.08. The number of anilines is 1. The molecule has 0 radical (unpaired) electrons. The zero-order chi connectivity index (χ0) is 20.8. The summed E-state index contributed by atoms with van der Waals surface area (Å²) in [5.41, 5.74) is 2.52. The molecule has 8 heteroatoms. The van der Waals surface area contributed by atoms with Crippen LogP contribution in [0.1, 0.15) is 17.9 Å². The van der Waals surface area contributed by atoms with Crippen LogP contribution in [-0.2, 0) is 20.7 Å². The largest absolute Gasteiger partial charge is 0.456 e. The van der Waals surface area contributed by atoms with E-state index in [1.165, 1.54) is 0 Å². The summed E-state index contributed by atoms with van der Waals surface area (Å²) in [6, 6.07) is 12.9. The van der Waals surface area contributed by atoms with Gasteiger partial charge in [-0.1, -0.05) is 57.4 Å². The third-order valence-electron chi connectivity index (χ3n) is 4.00. The van der Waals surface area contributed by atoms with Crippen molar-refractivity contribution in [3.63, 3.8) is 0 Å². The van der Waals surface area contributed by atoms with Gasteiger partial charge in [-0.25, -0.2) is 4.98 Å². The third kappa shape index (κ3) is 6.17. The van der Waals surface area contributed by atoms with E-state index in [0.29, 0.717) is 22.4 Å². The Labute approximate surface area is 181 Å². The van der Waals surface area contributed by atoms with Gasteiger partial charge in [0, 0.05) is 16.5 Å². The number of aryl methyl sites for hydroxylation is 2. The fourth-order valence-corrected chi connectivity index (χ4v) is 3.20. The minimum atomic E-state index is -0.517. The van der Waals surface area contributed by atoms with Crippen molar-refractivity contribution < 1.29 is 18.7 Å². The minimum absolute atomic E-state index is 0.0557. The molecule has 0 spiro atoms. The van der Waals surface area contributed by atoms with Crippen LogP contribution in [0.3, 0.4) is 0 Å². The number of aromatic nitrogens is 1. The zero-order valence-electron chi connectivity index (χ0n) is 15.6. The van der Waals surface area contributed by atoms with E-state index in [0.717, 1.165) is 15.6 Å². The van der Waals surface area contributed by atoms with Crippen molar-refractivity contribution in [2.45, 2.75) is 19.8 Å². The Bertz CT molecular complexity index is 1020. The van der Waals surface area contributed by atoms with Gasteiger partial charge in [-0.2, -0.15) is 0 Å². The summed E-state index contributed by atoms with van der Waals surface area (Å²) in [6.45, 7) is 1.61. The zero-order valence-corrected chi connectivity index (χ0v) is 17.9. The molecular weight excluding hydrogens is 460 g/mol. The van der Waals surface area contributed by atoms with Gasteiger partial charge in [0.05, 0.1) is 23.3 Å². The monoisotopic (exact) mass is 476 g/mol. The molecule has 29 heavy (non-hydrogen) atoms. The Kier molecular flexibility index (Phi) is 7.06. The Morgan fingerprint density at radius 2 is 1.97 bits per heavy atom. The highest BCUT2D eigenvalue weighted by Crippen LogP contribution is 2.25. The molecule has 0 bridgehead atoms. The quantitative estimate of drug-likeness (QED) is 0.474. The number of amides is 1. The number of hydrogen-bond acceptors (Lipinski definition) is 5. The molecule has 1 amide bonds. The van der Waals surface area contributed by atoms with Crippen LogP contribution in [0.5, 0.6) is 0 Å². The van der Waals surface area contributed by atoms with Gasteiger partial charge in [0.25, 0.3) is 5.91 Å². The number of carbonyl (C=O) groups excluding carboxylic acids is 2. The fraction of sp³-hybridized carbons (Fsp3) is 0.190. The van der Waals surface area contributed by atoms with E-state index in [1.54, 1.807) is 24.4 Å². The first-order valence-corrected chi connectivity index (χ1v) is 10.00. The second-order valence-electron chi connectivity index (χ2n) is 6.32. The lowest BCUT2D eigenvalue weighted by Crippen LogP contribution is -2.21. The standard InChI is InChI=1S/C21H18BrClN2O4/c1-13-2-4-14(5-3-13)18-11-24-20(29-18)8-9-21(27)28-12-19(26)25-17-7-6-15(22)10-16(17)23/h2-7,10-11H,8-9,12H2,1H3,(H,25,26). The second-order valence-corrected chi connectivity index (χ2v) is 7.64. The predicted molar refractivity (Wildman–Crippen MR) is 114 cm³/mol. The molecule has 150 valence electrons. The van der Waals surface area contributed by atoms with E-state index in [-0.39, 0.29) is 12.8 Å². The second kappa shape index (κ2) is 9.71. The smallest absolute Gasteiger partial charge is 0.306 e. The summed E-state index contributed by atoms with van der Waals surface area (Å²) in [5, 5.41) is 2.97. The van der Waals surface area contributed by atoms with Crippen LogP contribution < -0.4 is 5.32 Å². The van der Waals surface area contributed by atoms with Gasteiger partial charge in [-0.05, 0) is 25.1 Å². The normalized spacial score (nSPS) is 10.6. The summed E-state index contributed by atoms with van der Waals surface area (Å²) in [7, 11) is 0. The number of nitrogens with one attached hydrogen (secondary N) is 1. The van der Waals surface area contributed by atoms with E-state index in [4.69, 9.17) is 20.8 Å². The molecule has 0 saturated heterocycles. The Balaban J connectivity index is 1.44. The van der Waals surface area contributed by atoms with Crippen LogP contribution in [0.15, 0.2) is 57.6 Å². The number of oxazole rings is 1. The molecule has 0 aliphatic rings. The molecule has 0 saturated carbocycles. The maximum Gasteiger partial charge on any atom is 0.306 e. The van der Waals surface area contributed by atoms with Crippen LogP contribution >= 0.6 is 27.5 Å². The number of esters is 1. The predicted octanol–water partition coefficient (Wildman–Crippen LogP) is 5.18. The topological polar surface area (TPSA) is 81.4 Å². The van der Waals surface area contributed by atoms with Crippen molar-refractivity contribution in [3.8, 4) is 11.3 Å². The van der Waals surface area contributed by atoms with Gasteiger partial charge in [0.2, 0.25) is 0 Å². The van der Waals surface area contributed by atoms with Gasteiger partial charge in [-0.15, -0.1) is 0 Å². The van der Waals surface area contributed by atoms with Gasteiger partial charge in [0.1, 0.15) is 0 Å². The average molecular weight is 478 g/mol. The Hall–Kier alpha value is -2.64. The first-order chi connectivity index (χ1) is 13.9. The van der Waals surface area contributed by atoms with Gasteiger partial charge in [0.15, 0.2) is 18.3 Å². The van der Waals surface area contributed by atoms with Gasteiger partial charge < -0.3 is 14.5 Å². The summed E-state index contributed by atoms with van der Waals surface area (Å²) in [4.78, 5) is 28.0. The number of rotatable bonds is 7. The average Bonchev–Trinajstić information content (AvgIpc) is 3.16. The molecule has 3 rings (SSSR count). The van der Waals surface area contributed by atoms with Crippen molar-refractivity contribution >= 4 is 45.1 Å². The van der Waals surface area contributed by atoms with Gasteiger partial charge in [-0.3, -0.25) is 9.59 Å². The van der Waals surface area contributed by atoms with Crippen LogP contribution in [0.4, 0.5) is 5.69 Å². The summed E-state index contributed by atoms with van der Waals surface area (Å²) >= 11 is 9.32. The van der Waals surface area contributed by atoms with Gasteiger partial charge >= 0.3 is 5.97 Å². The van der Waals surface area contributed by atoms with E-state index in [1.807, 2.05) is 31.2 Å². The van der Waals surface area contributed by atoms with Crippen molar-refractivity contribution in [1.29, 1.82) is 0 Å². The number of hydrogen-bond donors (Lipinski definition) is 1. The molecule has 1 heterocycles. The van der Waals surface area contributed by atoms with Crippen molar-refractivity contribution in [1.82, 2.24) is 4.98 Å². The number of ether oxygens (including phenoxy) is 1. The first-order valence-electron chi connectivity index (χ1n) is 8.83. The van der Waals surface area contributed by atoms with Crippen molar-refractivity contribution in [3.05, 3.63) is 69.6 Å². The molecule has 0 aliphatic heterocycles. The highest BCUT2D eigenvalue weighted by molar-refractivity contribution is 9.10. The van der Waals surface area contributed by atoms with Crippen molar-refractivity contribution in [2.75, 3.05) is 11.9 Å². The molecule has 1 N–H and O–H groups in total. The maximum absolute atomic E-state index is 11.9. The van der Waals surface area contributed by atoms with E-state index in [2.05, 4.69) is 26.2 Å². The highest BCUT2D eigenvalue weighted by atomic mass is 79.9. The Morgan fingerprint density at radius 1 is 1.21 bits per heavy atom. The molecule has 1 aromatic heterocycles. The molecule has 3 aromatic rings. The van der Waals surface area contributed by atoms with Crippen LogP contribution in [0, 0.1) is 6.92 Å². The lowest BCUT2D eigenvalue weighted by atomic mass is 10.1. The Morgan fingerprint density at radius 3 is 2.69 bits per heavy atom. The molecule has 0 aliphatic carbocycles. The first kappa shape index (κ1) is 21.1. The number of benzene rings is 2. The molecule has 0 unspecified atom stereocenters. The van der Waals surface area contributed by atoms with E-state index < -0.39 is 18.5 Å². The van der Waals surface area contributed by atoms with Crippen LogP contribution in [0.25, 0.3) is 11.3 Å². The summed E-state index contributed by atoms with van der Waals surface area (Å²) in [6.07, 6.45) is 1.96. The van der Waals surface area contributed by atoms with Crippen molar-refractivity contribution in [2.24, 2.45) is 0 Å². The summed E-state index contributed by atoms with van der Waals surface area (Å²) < 4.78 is 11.5. The number of halogens is 2. The fourth-order valence-electron chi connectivity index (χ4n) is 2.48. The van der Waals surface area contributed by atoms with Crippen LogP contribution in [0.2, 0.25) is 5.02 Å². The number of carbonyl (C=O) groups is 2. The van der Waals surface area contributed by atoms with E-state index >= 15 is 0 Å². The van der Waals surface area contributed by atoms with Crippen LogP contribution in [-0.4, -0.2) is 23.5 Å². The number of nitrogens with zero attached hydrogens (tertiary/aromatic N) is 1. The molecule has 6 nitrogen and oxygen atoms in total. The molecule has 0 fully saturated rings. The summed E-state index contributed by atoms with van der Waals surface area (Å²) in [5.74, 6) is 0.0836. The van der Waals surface area contributed by atoms with E-state index in [9.17, 15) is 9.59 Å². The highest BCUT2D eigenvalue weighted by Gasteiger charge is 2.12.